The molecule has 31 heavy (non-hydrogen) atoms. The van der Waals surface area contributed by atoms with Gasteiger partial charge in [0.1, 0.15) is 12.6 Å². The van der Waals surface area contributed by atoms with Crippen LogP contribution in [0.4, 0.5) is 5.69 Å². The molecule has 0 aromatic heterocycles. The van der Waals surface area contributed by atoms with Crippen molar-refractivity contribution in [1.29, 1.82) is 0 Å². The van der Waals surface area contributed by atoms with Crippen LogP contribution in [0, 0.1) is 16.0 Å². The minimum absolute atomic E-state index is 0.0465. The fourth-order valence-corrected chi connectivity index (χ4v) is 5.62. The Morgan fingerprint density at radius 1 is 1.32 bits per heavy atom. The van der Waals surface area contributed by atoms with Gasteiger partial charge in [-0.1, -0.05) is 6.92 Å². The number of nitro benzene ring substituents is 1. The van der Waals surface area contributed by atoms with E-state index in [9.17, 15) is 28.1 Å². The standard InChI is InChI=1S/C19H24N2O8S2/c1-3-30-16-10-15-14(8-9-29-31(2,26)27)18(22)20(15)17(16)19(23)28-11-12-4-6-13(7-5-12)21(24)25/h4-7,14-17H,3,8-11H2,1-2H3/t14-,15?,16?,17?/m0/s1. The van der Waals surface area contributed by atoms with Gasteiger partial charge < -0.3 is 9.64 Å². The van der Waals surface area contributed by atoms with Crippen molar-refractivity contribution >= 4 is 39.4 Å². The van der Waals surface area contributed by atoms with Crippen molar-refractivity contribution in [3.8, 4) is 0 Å². The number of fused-ring (bicyclic) bond motifs is 1. The number of hydrogen-bond acceptors (Lipinski definition) is 9. The normalized spacial score (nSPS) is 25.1. The van der Waals surface area contributed by atoms with Crippen molar-refractivity contribution in [2.45, 2.75) is 43.7 Å². The molecule has 0 N–H and O–H groups in total. The number of carbonyl (C=O) groups excluding carboxylic acids is 2. The molecule has 4 atom stereocenters. The molecule has 0 saturated carbocycles. The second-order valence-electron chi connectivity index (χ2n) is 7.44. The van der Waals surface area contributed by atoms with Crippen molar-refractivity contribution in [2.24, 2.45) is 5.92 Å². The molecule has 0 spiro atoms. The number of hydrogen-bond donors (Lipinski definition) is 0. The second kappa shape index (κ2) is 9.53. The molecule has 0 bridgehead atoms. The molecule has 170 valence electrons. The highest BCUT2D eigenvalue weighted by Crippen LogP contribution is 2.45. The van der Waals surface area contributed by atoms with Gasteiger partial charge in [0.25, 0.3) is 15.8 Å². The van der Waals surface area contributed by atoms with E-state index in [0.29, 0.717) is 12.0 Å². The second-order valence-corrected chi connectivity index (χ2v) is 10.6. The minimum atomic E-state index is -3.57. The molecule has 1 aromatic rings. The number of β-lactam (4-membered cyclic amide) rings is 1. The Balaban J connectivity index is 1.61. The zero-order valence-corrected chi connectivity index (χ0v) is 18.8. The molecule has 3 unspecified atom stereocenters. The van der Waals surface area contributed by atoms with Crippen LogP contribution in [0.25, 0.3) is 0 Å². The van der Waals surface area contributed by atoms with E-state index in [1.54, 1.807) is 16.7 Å². The lowest BCUT2D eigenvalue weighted by Crippen LogP contribution is -2.62. The van der Waals surface area contributed by atoms with E-state index < -0.39 is 27.1 Å². The van der Waals surface area contributed by atoms with Crippen LogP contribution in [0.3, 0.4) is 0 Å². The van der Waals surface area contributed by atoms with E-state index in [-0.39, 0.29) is 48.4 Å². The molecule has 0 aliphatic carbocycles. The smallest absolute Gasteiger partial charge is 0.330 e. The van der Waals surface area contributed by atoms with Crippen molar-refractivity contribution in [2.75, 3.05) is 18.6 Å². The molecule has 2 saturated heterocycles. The largest absolute Gasteiger partial charge is 0.459 e. The zero-order valence-electron chi connectivity index (χ0n) is 17.1. The molecule has 10 nitrogen and oxygen atoms in total. The molecule has 1 amide bonds. The number of carbonyl (C=O) groups is 2. The van der Waals surface area contributed by atoms with Crippen LogP contribution in [0.2, 0.25) is 0 Å². The monoisotopic (exact) mass is 472 g/mol. The van der Waals surface area contributed by atoms with Crippen LogP contribution < -0.4 is 0 Å². The van der Waals surface area contributed by atoms with Crippen molar-refractivity contribution in [1.82, 2.24) is 4.90 Å². The summed E-state index contributed by atoms with van der Waals surface area (Å²) in [6.07, 6.45) is 1.87. The lowest BCUT2D eigenvalue weighted by atomic mass is 9.85. The SMILES string of the molecule is CCSC1CC2[C@H](CCOS(C)(=O)=O)C(=O)N2C1C(=O)OCc1ccc([N+](=O)[O-])cc1. The first-order chi connectivity index (χ1) is 14.6. The number of thioether (sulfide) groups is 1. The van der Waals surface area contributed by atoms with Gasteiger partial charge in [-0.05, 0) is 36.3 Å². The molecule has 1 aromatic carbocycles. The van der Waals surface area contributed by atoms with Gasteiger partial charge in [-0.25, -0.2) is 4.79 Å². The van der Waals surface area contributed by atoms with Crippen molar-refractivity contribution < 1.29 is 31.9 Å². The molecule has 2 fully saturated rings. The summed E-state index contributed by atoms with van der Waals surface area (Å²) in [6, 6.07) is 4.88. The van der Waals surface area contributed by atoms with E-state index in [2.05, 4.69) is 0 Å². The number of non-ortho nitro benzene ring substituents is 1. The summed E-state index contributed by atoms with van der Waals surface area (Å²) >= 11 is 1.59. The van der Waals surface area contributed by atoms with Gasteiger partial charge in [-0.15, -0.1) is 0 Å². The van der Waals surface area contributed by atoms with E-state index in [1.165, 1.54) is 24.3 Å². The Hall–Kier alpha value is -2.18. The van der Waals surface area contributed by atoms with Crippen LogP contribution in [0.15, 0.2) is 24.3 Å². The predicted molar refractivity (Wildman–Crippen MR) is 113 cm³/mol. The van der Waals surface area contributed by atoms with Crippen LogP contribution >= 0.6 is 11.8 Å². The van der Waals surface area contributed by atoms with Crippen LogP contribution in [0.5, 0.6) is 0 Å². The molecule has 2 aliphatic rings. The summed E-state index contributed by atoms with van der Waals surface area (Å²) < 4.78 is 32.5. The Bertz CT molecular complexity index is 950. The topological polar surface area (TPSA) is 133 Å². The summed E-state index contributed by atoms with van der Waals surface area (Å²) in [7, 11) is -3.57. The van der Waals surface area contributed by atoms with E-state index in [1.807, 2.05) is 6.92 Å². The van der Waals surface area contributed by atoms with Gasteiger partial charge in [0.15, 0.2) is 0 Å². The predicted octanol–water partition coefficient (Wildman–Crippen LogP) is 1.73. The molecule has 12 heteroatoms. The number of rotatable bonds is 10. The van der Waals surface area contributed by atoms with E-state index >= 15 is 0 Å². The third-order valence-corrected chi connectivity index (χ3v) is 7.20. The van der Waals surface area contributed by atoms with Gasteiger partial charge >= 0.3 is 5.97 Å². The first-order valence-electron chi connectivity index (χ1n) is 9.80. The number of amides is 1. The average Bonchev–Trinajstić information content (AvgIpc) is 3.04. The highest BCUT2D eigenvalue weighted by molar-refractivity contribution is 7.99. The van der Waals surface area contributed by atoms with Crippen molar-refractivity contribution in [3.63, 3.8) is 0 Å². The lowest BCUT2D eigenvalue weighted by Gasteiger charge is -2.44. The van der Waals surface area contributed by atoms with Crippen LogP contribution in [-0.4, -0.2) is 66.1 Å². The first-order valence-corrected chi connectivity index (χ1v) is 12.7. The maximum absolute atomic E-state index is 12.8. The minimum Gasteiger partial charge on any atom is -0.459 e. The Morgan fingerprint density at radius 2 is 2.00 bits per heavy atom. The quantitative estimate of drug-likeness (QED) is 0.164. The highest BCUT2D eigenvalue weighted by Gasteiger charge is 2.59. The molecular weight excluding hydrogens is 448 g/mol. The summed E-state index contributed by atoms with van der Waals surface area (Å²) in [4.78, 5) is 37.3. The van der Waals surface area contributed by atoms with Gasteiger partial charge in [0.05, 0.1) is 23.7 Å². The Labute approximate surface area is 184 Å². The third-order valence-electron chi connectivity index (χ3n) is 5.40. The van der Waals surface area contributed by atoms with Crippen molar-refractivity contribution in [3.05, 3.63) is 39.9 Å². The van der Waals surface area contributed by atoms with E-state index in [4.69, 9.17) is 8.92 Å². The third kappa shape index (κ3) is 5.36. The van der Waals surface area contributed by atoms with Gasteiger partial charge in [0, 0.05) is 23.4 Å². The summed E-state index contributed by atoms with van der Waals surface area (Å²) in [5, 5.41) is 10.6. The van der Waals surface area contributed by atoms with Gasteiger partial charge in [0.2, 0.25) is 5.91 Å². The zero-order chi connectivity index (χ0) is 22.8. The van der Waals surface area contributed by atoms with Crippen LogP contribution in [0.1, 0.15) is 25.3 Å². The number of nitro groups is 1. The highest BCUT2D eigenvalue weighted by atomic mass is 32.2. The van der Waals surface area contributed by atoms with Gasteiger partial charge in [-0.2, -0.15) is 20.2 Å². The summed E-state index contributed by atoms with van der Waals surface area (Å²) in [5.41, 5.74) is 0.559. The first kappa shape index (κ1) is 23.5. The maximum atomic E-state index is 12.8. The maximum Gasteiger partial charge on any atom is 0.330 e. The number of ether oxygens (including phenoxy) is 1. The van der Waals surface area contributed by atoms with E-state index in [0.717, 1.165) is 12.0 Å². The molecule has 3 rings (SSSR count). The number of benzene rings is 1. The molecule has 2 aliphatic heterocycles. The molecule has 2 heterocycles. The van der Waals surface area contributed by atoms with Crippen LogP contribution in [-0.2, 0) is 35.2 Å². The number of esters is 1. The fourth-order valence-electron chi connectivity index (χ4n) is 4.03. The summed E-state index contributed by atoms with van der Waals surface area (Å²) in [5.74, 6) is -0.299. The summed E-state index contributed by atoms with van der Waals surface area (Å²) in [6.45, 7) is 1.86. The fraction of sp³-hybridized carbons (Fsp3) is 0.579. The lowest BCUT2D eigenvalue weighted by molar-refractivity contribution is -0.384. The number of nitrogens with zero attached hydrogens (tertiary/aromatic N) is 2. The molecule has 0 radical (unpaired) electrons. The Morgan fingerprint density at radius 3 is 2.58 bits per heavy atom. The molecular formula is C19H24N2O8S2. The Kier molecular flexibility index (Phi) is 7.22. The van der Waals surface area contributed by atoms with Gasteiger partial charge in [-0.3, -0.25) is 19.1 Å². The average molecular weight is 473 g/mol.